The van der Waals surface area contributed by atoms with Gasteiger partial charge in [-0.25, -0.2) is 28.0 Å². The average Bonchev–Trinajstić information content (AvgIpc) is 4.30. The number of alkyl halides is 6. The maximum absolute atomic E-state index is 12.9. The Balaban J connectivity index is 0.000000231. The summed E-state index contributed by atoms with van der Waals surface area (Å²) in [5.74, 6) is -6.42. The lowest BCUT2D eigenvalue weighted by Crippen LogP contribution is -2.73. The summed E-state index contributed by atoms with van der Waals surface area (Å²) in [7, 11) is 0.745. The van der Waals surface area contributed by atoms with E-state index in [0.29, 0.717) is 24.6 Å². The summed E-state index contributed by atoms with van der Waals surface area (Å²) < 4.78 is 92.0. The van der Waals surface area contributed by atoms with E-state index in [4.69, 9.17) is 44.0 Å². The highest BCUT2D eigenvalue weighted by molar-refractivity contribution is 8.03. The van der Waals surface area contributed by atoms with Crippen LogP contribution in [0.25, 0.3) is 0 Å². The largest absolute Gasteiger partial charge is 0.741 e. The molecule has 4 unspecified atom stereocenters. The van der Waals surface area contributed by atoms with E-state index >= 15 is 0 Å². The number of nitrogen functional groups attached to an aromatic ring is 2. The Morgan fingerprint density at radius 2 is 1.05 bits per heavy atom. The number of hydrogen-bond acceptors (Lipinski definition) is 23. The molecule has 4 amide bonds. The number of carbonyl (C=O) groups is 7. The number of likely N-dealkylation sites (N-methyl/N-ethyl adjacent to an activating group) is 2. The standard InChI is InChI=1S/2C19H24N6O5S2.C2HF3O2.CHF3O3S/c2*1-25(5-3-4-6-25)7-12-15(18(28)29)24-11(9-31-12)14(17(24)27)22-16(26)13(23-30-2)10-8-32-19(20)21-10;3-2(4,5)1(6)7;2-1(3,4)8(5,6)7/h2*8,11,14H,3-7,9H2,1-2H3,(H3-,20,21,22,26,28,29);(H,6,7);(H,5,6,7). The Kier molecular flexibility index (Phi) is 20.4. The fraction of sp³-hybridized carbons (Fsp3) is 0.537. The number of halogens is 6. The molecule has 8 heterocycles. The van der Waals surface area contributed by atoms with Gasteiger partial charge in [0.2, 0.25) is 0 Å². The normalized spacial score (nSPS) is 22.5. The van der Waals surface area contributed by atoms with Gasteiger partial charge < -0.3 is 65.4 Å². The van der Waals surface area contributed by atoms with Gasteiger partial charge in [-0.05, 0) is 0 Å². The number of quaternary nitrogens is 2. The SMILES string of the molecule is CON=C(C(=O)NC1C(=O)N2C(C(=O)O)=C(C[N+]3(C)CCCC3)SCC12)c1csc(N)n1.CON=C(C(=O)NC1C(=O)N2C(C(=O)O)=C(C[N+]3(C)CCCC3)SCC12)c1csc(N)n1.O=C([O-])C(F)(F)F.O=S(=O)([O-])C(F)(F)F. The van der Waals surface area contributed by atoms with Crippen molar-refractivity contribution in [3.63, 3.8) is 0 Å². The van der Waals surface area contributed by atoms with Crippen molar-refractivity contribution in [1.29, 1.82) is 0 Å². The van der Waals surface area contributed by atoms with E-state index in [9.17, 15) is 65.3 Å². The van der Waals surface area contributed by atoms with E-state index in [0.717, 1.165) is 93.3 Å². The number of hydrogen-bond donors (Lipinski definition) is 6. The lowest BCUT2D eigenvalue weighted by molar-refractivity contribution is -0.892. The monoisotopic (exact) mass is 1220 g/mol. The van der Waals surface area contributed by atoms with E-state index in [1.807, 2.05) is 0 Å². The molecule has 4 fully saturated rings. The number of aliphatic carboxylic acids is 3. The van der Waals surface area contributed by atoms with Crippen LogP contribution in [0.15, 0.2) is 42.3 Å². The number of carboxylic acids is 3. The third-order valence-corrected chi connectivity index (χ3v) is 16.7. The first-order chi connectivity index (χ1) is 36.7. The Bertz CT molecular complexity index is 2780. The van der Waals surface area contributed by atoms with Crippen LogP contribution >= 0.6 is 46.2 Å². The third kappa shape index (κ3) is 15.3. The Morgan fingerprint density at radius 3 is 1.29 bits per heavy atom. The molecule has 0 saturated carbocycles. The molecule has 4 saturated heterocycles. The highest BCUT2D eigenvalue weighted by Gasteiger charge is 2.56. The topological polar surface area (TPSA) is 392 Å². The second kappa shape index (κ2) is 25.4. The predicted molar refractivity (Wildman–Crippen MR) is 266 cm³/mol. The van der Waals surface area contributed by atoms with E-state index in [-0.39, 0.29) is 44.5 Å². The van der Waals surface area contributed by atoms with Crippen LogP contribution in [0.3, 0.4) is 0 Å². The van der Waals surface area contributed by atoms with Crippen molar-refractivity contribution >= 4 is 120 Å². The Hall–Kier alpha value is -6.32. The maximum Gasteiger partial charge on any atom is 0.485 e. The fourth-order valence-corrected chi connectivity index (χ4v) is 12.7. The van der Waals surface area contributed by atoms with Gasteiger partial charge in [0.25, 0.3) is 23.6 Å². The summed E-state index contributed by atoms with van der Waals surface area (Å²) in [6.45, 7) is 5.17. The minimum absolute atomic E-state index is 0.0334. The molecule has 0 bridgehead atoms. The Labute approximate surface area is 460 Å². The number of aromatic nitrogens is 2. The number of likely N-dealkylation sites (tertiary alicyclic amines) is 2. The summed E-state index contributed by atoms with van der Waals surface area (Å²) >= 11 is 5.21. The van der Waals surface area contributed by atoms with E-state index < -0.39 is 87.5 Å². The zero-order valence-electron chi connectivity index (χ0n) is 41.7. The number of nitrogens with one attached hydrogen (secondary N) is 2. The number of carbonyl (C=O) groups excluding carboxylic acids is 5. The molecule has 0 aromatic carbocycles. The lowest BCUT2D eigenvalue weighted by atomic mass is 9.94. The number of nitrogens with zero attached hydrogens (tertiary/aromatic N) is 8. The van der Waals surface area contributed by atoms with Crippen LogP contribution in [0.1, 0.15) is 37.1 Å². The lowest BCUT2D eigenvalue weighted by Gasteiger charge is -2.50. The minimum atomic E-state index is -6.09. The molecule has 436 valence electrons. The smallest absolute Gasteiger partial charge is 0.485 e. The molecule has 6 aliphatic rings. The number of amides is 4. The molecule has 6 aliphatic heterocycles. The first-order valence-corrected chi connectivity index (χ1v) is 27.9. The average molecular weight is 1230 g/mol. The number of oxime groups is 2. The highest BCUT2D eigenvalue weighted by Crippen LogP contribution is 2.42. The predicted octanol–water partition coefficient (Wildman–Crippen LogP) is -0.540. The maximum atomic E-state index is 12.9. The van der Waals surface area contributed by atoms with Crippen molar-refractivity contribution < 1.29 is 107 Å². The van der Waals surface area contributed by atoms with E-state index in [2.05, 4.69) is 45.0 Å². The van der Waals surface area contributed by atoms with Crippen molar-refractivity contribution in [2.24, 2.45) is 10.3 Å². The second-order valence-corrected chi connectivity index (χ2v) is 23.5. The number of fused-ring (bicyclic) bond motifs is 2. The van der Waals surface area contributed by atoms with Crippen LogP contribution in [-0.4, -0.2) is 220 Å². The molecule has 8 rings (SSSR count). The summed E-state index contributed by atoms with van der Waals surface area (Å²) in [4.78, 5) is 106. The van der Waals surface area contributed by atoms with E-state index in [1.54, 1.807) is 10.8 Å². The summed E-state index contributed by atoms with van der Waals surface area (Å²) in [6.07, 6.45) is -0.725. The molecule has 38 heteroatoms. The number of nitrogens with two attached hydrogens (primary N) is 2. The zero-order valence-corrected chi connectivity index (χ0v) is 45.8. The van der Waals surface area contributed by atoms with Gasteiger partial charge >= 0.3 is 23.6 Å². The quantitative estimate of drug-likeness (QED) is 0.0263. The second-order valence-electron chi connectivity index (χ2n) is 18.2. The molecular formula is C41H50F6N12O15S5. The minimum Gasteiger partial charge on any atom is -0.741 e. The third-order valence-electron chi connectivity index (χ3n) is 12.5. The summed E-state index contributed by atoms with van der Waals surface area (Å²) in [5.41, 5.74) is 5.98. The molecule has 2 aromatic rings. The van der Waals surface area contributed by atoms with Gasteiger partial charge in [-0.1, -0.05) is 10.3 Å². The molecule has 8 N–H and O–H groups in total. The van der Waals surface area contributed by atoms with Crippen LogP contribution in [0.2, 0.25) is 0 Å². The van der Waals surface area contributed by atoms with Gasteiger partial charge in [0.1, 0.15) is 68.1 Å². The number of anilines is 2. The molecule has 79 heavy (non-hydrogen) atoms. The van der Waals surface area contributed by atoms with Crippen LogP contribution in [0.5, 0.6) is 0 Å². The van der Waals surface area contributed by atoms with Gasteiger partial charge in [-0.2, -0.15) is 26.3 Å². The van der Waals surface area contributed by atoms with Crippen molar-refractivity contribution in [2.75, 3.05) is 90.6 Å². The Morgan fingerprint density at radius 1 is 0.734 bits per heavy atom. The molecule has 0 spiro atoms. The number of thioether (sulfide) groups is 2. The number of rotatable bonds is 14. The van der Waals surface area contributed by atoms with Gasteiger partial charge in [0, 0.05) is 47.9 Å². The van der Waals surface area contributed by atoms with E-state index in [1.165, 1.54) is 47.5 Å². The van der Waals surface area contributed by atoms with Crippen molar-refractivity contribution in [2.45, 2.75) is 61.5 Å². The molecular weight excluding hydrogens is 1170 g/mol. The summed E-state index contributed by atoms with van der Waals surface area (Å²) in [5, 5.41) is 45.0. The first kappa shape index (κ1) is 63.5. The number of thiazole rings is 2. The first-order valence-electron chi connectivity index (χ1n) is 22.8. The van der Waals surface area contributed by atoms with Gasteiger partial charge in [0.15, 0.2) is 31.8 Å². The molecule has 0 radical (unpaired) electrons. The van der Waals surface area contributed by atoms with Crippen molar-refractivity contribution in [3.05, 3.63) is 43.4 Å². The van der Waals surface area contributed by atoms with Crippen LogP contribution in [0.4, 0.5) is 36.6 Å². The van der Waals surface area contributed by atoms with Crippen LogP contribution in [-0.2, 0) is 53.4 Å². The van der Waals surface area contributed by atoms with Crippen molar-refractivity contribution in [1.82, 2.24) is 30.4 Å². The summed E-state index contributed by atoms with van der Waals surface area (Å²) in [6, 6.07) is -2.58. The van der Waals surface area contributed by atoms with Gasteiger partial charge in [0.05, 0.1) is 62.2 Å². The number of carboxylic acid groups (broad SMARTS) is 3. The molecule has 27 nitrogen and oxygen atoms in total. The highest BCUT2D eigenvalue weighted by atomic mass is 32.2. The van der Waals surface area contributed by atoms with Gasteiger partial charge in [-0.15, -0.1) is 46.2 Å². The molecule has 4 atom stereocenters. The van der Waals surface area contributed by atoms with Gasteiger partial charge in [-0.3, -0.25) is 29.0 Å². The fourth-order valence-electron chi connectivity index (χ4n) is 8.77. The molecule has 2 aromatic heterocycles. The van der Waals surface area contributed by atoms with Crippen LogP contribution < -0.4 is 27.2 Å². The van der Waals surface area contributed by atoms with Crippen molar-refractivity contribution in [3.8, 4) is 0 Å². The van der Waals surface area contributed by atoms with Crippen LogP contribution in [0, 0.1) is 0 Å². The number of β-lactam (4-membered cyclic amide) rings is 2. The zero-order chi connectivity index (χ0) is 59.2. The molecule has 0 aliphatic carbocycles.